The molecule has 0 bridgehead atoms. The van der Waals surface area contributed by atoms with Crippen LogP contribution in [0.4, 0.5) is 0 Å². The molecule has 3 aliphatic heterocycles. The average molecular weight is 447 g/mol. The Balaban J connectivity index is 1.27. The Kier molecular flexibility index (Phi) is 4.13. The molecule has 7 aliphatic rings. The van der Waals surface area contributed by atoms with Crippen molar-refractivity contribution in [3.8, 4) is 0 Å². The maximum absolute atomic E-state index is 14.1. The van der Waals surface area contributed by atoms with Crippen LogP contribution >= 0.6 is 0 Å². The number of carbonyl (C=O) groups is 1. The van der Waals surface area contributed by atoms with Crippen LogP contribution in [0, 0.1) is 28.6 Å². The Morgan fingerprint density at radius 2 is 1.72 bits per heavy atom. The van der Waals surface area contributed by atoms with Gasteiger partial charge in [-0.25, -0.2) is 0 Å². The Bertz CT molecular complexity index is 866. The molecular formula is C25H34O7. The Morgan fingerprint density at radius 1 is 0.906 bits per heavy atom. The van der Waals surface area contributed by atoms with Crippen molar-refractivity contribution in [2.75, 3.05) is 33.4 Å². The first-order valence-corrected chi connectivity index (χ1v) is 12.4. The molecule has 3 spiro atoms. The normalized spacial score (nSPS) is 53.6. The zero-order valence-electron chi connectivity index (χ0n) is 19.2. The van der Waals surface area contributed by atoms with Crippen molar-refractivity contribution in [3.05, 3.63) is 11.6 Å². The summed E-state index contributed by atoms with van der Waals surface area (Å²) in [6.45, 7) is 6.58. The molecule has 0 N–H and O–H groups in total. The highest BCUT2D eigenvalue weighted by molar-refractivity contribution is 5.98. The van der Waals surface area contributed by atoms with Crippen molar-refractivity contribution in [1.82, 2.24) is 0 Å². The Labute approximate surface area is 189 Å². The third kappa shape index (κ3) is 2.22. The molecule has 7 nitrogen and oxygen atoms in total. The smallest absolute Gasteiger partial charge is 0.227 e. The van der Waals surface area contributed by atoms with Crippen LogP contribution in [-0.2, 0) is 33.2 Å². The van der Waals surface area contributed by atoms with Crippen molar-refractivity contribution >= 4 is 5.78 Å². The molecule has 7 atom stereocenters. The SMILES string of the molecule is C[C@]12C(=O)C=C3C(CC[C@@H]4CC5(CC[C@]34C)OCCO5)C1CC[C@@]21OCOC12COCO2. The lowest BCUT2D eigenvalue weighted by atomic mass is 9.47. The second-order valence-corrected chi connectivity index (χ2v) is 11.5. The molecule has 0 aromatic heterocycles. The molecule has 4 aliphatic carbocycles. The number of rotatable bonds is 0. The Hall–Kier alpha value is -0.830. The van der Waals surface area contributed by atoms with Crippen LogP contribution in [0.1, 0.15) is 58.8 Å². The van der Waals surface area contributed by atoms with Gasteiger partial charge < -0.3 is 28.4 Å². The van der Waals surface area contributed by atoms with E-state index in [-0.39, 0.29) is 36.5 Å². The number of hydrogen-bond acceptors (Lipinski definition) is 7. The van der Waals surface area contributed by atoms with E-state index in [9.17, 15) is 4.79 Å². The van der Waals surface area contributed by atoms with Crippen LogP contribution in [0.3, 0.4) is 0 Å². The van der Waals surface area contributed by atoms with Gasteiger partial charge in [0.25, 0.3) is 0 Å². The van der Waals surface area contributed by atoms with E-state index < -0.39 is 16.8 Å². The lowest BCUT2D eigenvalue weighted by molar-refractivity contribution is -0.238. The minimum Gasteiger partial charge on any atom is -0.350 e. The van der Waals surface area contributed by atoms with Gasteiger partial charge in [0.1, 0.15) is 12.2 Å². The molecule has 3 saturated heterocycles. The summed E-state index contributed by atoms with van der Waals surface area (Å²) < 4.78 is 36.1. The molecule has 6 fully saturated rings. The standard InChI is InChI=1S/C25H34O7/c1-21-7-8-23(28-9-10-29-23)12-16(21)3-4-17-18-5-6-24(22(18,2)20(26)11-19(17)21)25(32-15-30-24)13-27-14-31-25/h11,16-18H,3-10,12-15H2,1-2H3/t16-,17?,18?,21+,22-,24-,25?/m1/s1. The highest BCUT2D eigenvalue weighted by atomic mass is 16.9. The van der Waals surface area contributed by atoms with Crippen molar-refractivity contribution in [2.24, 2.45) is 28.6 Å². The highest BCUT2D eigenvalue weighted by Crippen LogP contribution is 2.70. The molecule has 3 unspecified atom stereocenters. The van der Waals surface area contributed by atoms with Gasteiger partial charge in [0, 0.05) is 12.8 Å². The second kappa shape index (κ2) is 6.43. The summed E-state index contributed by atoms with van der Waals surface area (Å²) in [4.78, 5) is 14.1. The minimum atomic E-state index is -0.965. The first-order chi connectivity index (χ1) is 15.4. The van der Waals surface area contributed by atoms with Gasteiger partial charge in [-0.3, -0.25) is 4.79 Å². The van der Waals surface area contributed by atoms with Crippen LogP contribution in [0.2, 0.25) is 0 Å². The molecule has 32 heavy (non-hydrogen) atoms. The van der Waals surface area contributed by atoms with Crippen LogP contribution in [0.5, 0.6) is 0 Å². The van der Waals surface area contributed by atoms with Gasteiger partial charge in [-0.1, -0.05) is 12.5 Å². The molecule has 0 aromatic carbocycles. The van der Waals surface area contributed by atoms with E-state index in [1.54, 1.807) is 0 Å². The van der Waals surface area contributed by atoms with Crippen LogP contribution in [0.25, 0.3) is 0 Å². The third-order valence-corrected chi connectivity index (χ3v) is 10.7. The second-order valence-electron chi connectivity index (χ2n) is 11.5. The number of ketones is 1. The quantitative estimate of drug-likeness (QED) is 0.565. The maximum atomic E-state index is 14.1. The monoisotopic (exact) mass is 446 g/mol. The molecule has 3 saturated carbocycles. The fourth-order valence-corrected chi connectivity index (χ4v) is 8.98. The molecule has 7 rings (SSSR count). The average Bonchev–Trinajstić information content (AvgIpc) is 3.56. The van der Waals surface area contributed by atoms with E-state index in [4.69, 9.17) is 28.4 Å². The summed E-state index contributed by atoms with van der Waals surface area (Å²) in [5.41, 5.74) is -0.0290. The molecule has 176 valence electrons. The summed E-state index contributed by atoms with van der Waals surface area (Å²) in [6.07, 6.45) is 8.87. The molecule has 0 aromatic rings. The fourth-order valence-electron chi connectivity index (χ4n) is 8.98. The van der Waals surface area contributed by atoms with Gasteiger partial charge in [0.05, 0.1) is 18.6 Å². The first-order valence-electron chi connectivity index (χ1n) is 12.4. The first kappa shape index (κ1) is 20.5. The van der Waals surface area contributed by atoms with Gasteiger partial charge in [-0.2, -0.15) is 0 Å². The number of hydrogen-bond donors (Lipinski definition) is 0. The van der Waals surface area contributed by atoms with E-state index in [0.717, 1.165) is 44.9 Å². The van der Waals surface area contributed by atoms with E-state index in [2.05, 4.69) is 13.8 Å². The van der Waals surface area contributed by atoms with Crippen LogP contribution < -0.4 is 0 Å². The third-order valence-electron chi connectivity index (χ3n) is 10.7. The maximum Gasteiger partial charge on any atom is 0.227 e. The van der Waals surface area contributed by atoms with Crippen LogP contribution in [0.15, 0.2) is 11.6 Å². The summed E-state index contributed by atoms with van der Waals surface area (Å²) in [5, 5.41) is 0. The molecule has 0 radical (unpaired) electrons. The molecule has 3 heterocycles. The summed E-state index contributed by atoms with van der Waals surface area (Å²) >= 11 is 0. The van der Waals surface area contributed by atoms with Gasteiger partial charge in [-0.05, 0) is 68.3 Å². The lowest BCUT2D eigenvalue weighted by Crippen LogP contribution is -2.65. The zero-order valence-corrected chi connectivity index (χ0v) is 19.2. The largest absolute Gasteiger partial charge is 0.350 e. The number of allylic oxidation sites excluding steroid dienone is 2. The van der Waals surface area contributed by atoms with Crippen molar-refractivity contribution in [3.63, 3.8) is 0 Å². The molecule has 7 heteroatoms. The summed E-state index contributed by atoms with van der Waals surface area (Å²) in [6, 6.07) is 0. The summed E-state index contributed by atoms with van der Waals surface area (Å²) in [5.74, 6) is -0.0293. The van der Waals surface area contributed by atoms with E-state index in [1.165, 1.54) is 5.57 Å². The predicted molar refractivity (Wildman–Crippen MR) is 111 cm³/mol. The topological polar surface area (TPSA) is 72.5 Å². The van der Waals surface area contributed by atoms with Crippen molar-refractivity contribution < 1.29 is 33.2 Å². The van der Waals surface area contributed by atoms with Gasteiger partial charge in [0.15, 0.2) is 25.2 Å². The van der Waals surface area contributed by atoms with E-state index in [1.807, 2.05) is 6.08 Å². The molecule has 0 amide bonds. The lowest BCUT2D eigenvalue weighted by Gasteiger charge is -2.58. The van der Waals surface area contributed by atoms with Gasteiger partial charge in [0.2, 0.25) is 5.79 Å². The number of carbonyl (C=O) groups excluding carboxylic acids is 1. The van der Waals surface area contributed by atoms with Crippen molar-refractivity contribution in [2.45, 2.75) is 76.0 Å². The van der Waals surface area contributed by atoms with E-state index in [0.29, 0.717) is 31.7 Å². The highest BCUT2D eigenvalue weighted by Gasteiger charge is 2.77. The van der Waals surface area contributed by atoms with Gasteiger partial charge in [-0.15, -0.1) is 0 Å². The van der Waals surface area contributed by atoms with Gasteiger partial charge >= 0.3 is 0 Å². The van der Waals surface area contributed by atoms with E-state index >= 15 is 0 Å². The minimum absolute atomic E-state index is 0.0356. The number of ether oxygens (including phenoxy) is 6. The number of fused-ring (bicyclic) bond motifs is 7. The molecular weight excluding hydrogens is 412 g/mol. The zero-order chi connectivity index (χ0) is 21.8. The predicted octanol–water partition coefficient (Wildman–Crippen LogP) is 3.32. The fraction of sp³-hybridized carbons (Fsp3) is 0.880. The van der Waals surface area contributed by atoms with Crippen molar-refractivity contribution in [1.29, 1.82) is 0 Å². The van der Waals surface area contributed by atoms with Crippen LogP contribution in [-0.4, -0.2) is 56.4 Å². The Morgan fingerprint density at radius 3 is 2.50 bits per heavy atom. The summed E-state index contributed by atoms with van der Waals surface area (Å²) in [7, 11) is 0.